The van der Waals surface area contributed by atoms with Gasteiger partial charge in [-0.25, -0.2) is 13.2 Å². The first-order chi connectivity index (χ1) is 12.2. The molecule has 0 radical (unpaired) electrons. The van der Waals surface area contributed by atoms with Crippen molar-refractivity contribution in [2.75, 3.05) is 6.26 Å². The molecule has 0 saturated heterocycles. The number of carbonyl (C=O) groups is 2. The molecule has 1 unspecified atom stereocenters. The van der Waals surface area contributed by atoms with Gasteiger partial charge in [0.05, 0.1) is 16.5 Å². The van der Waals surface area contributed by atoms with Gasteiger partial charge in [-0.3, -0.25) is 4.79 Å². The molecular formula is C19H21NO5S. The molecule has 0 saturated carbocycles. The van der Waals surface area contributed by atoms with Crippen molar-refractivity contribution in [3.63, 3.8) is 0 Å². The fraction of sp³-hybridized carbons (Fsp3) is 0.263. The van der Waals surface area contributed by atoms with Gasteiger partial charge in [0, 0.05) is 12.7 Å². The molecule has 2 aromatic rings. The second-order valence-electron chi connectivity index (χ2n) is 6.13. The molecule has 7 heteroatoms. The summed E-state index contributed by atoms with van der Waals surface area (Å²) >= 11 is 0. The van der Waals surface area contributed by atoms with Crippen LogP contribution in [0.15, 0.2) is 53.4 Å². The Morgan fingerprint density at radius 2 is 1.62 bits per heavy atom. The zero-order valence-electron chi connectivity index (χ0n) is 14.6. The van der Waals surface area contributed by atoms with Gasteiger partial charge in [0.25, 0.3) is 0 Å². The molecule has 2 aromatic carbocycles. The lowest BCUT2D eigenvalue weighted by Crippen LogP contribution is -2.26. The minimum Gasteiger partial charge on any atom is -0.478 e. The van der Waals surface area contributed by atoms with Crippen molar-refractivity contribution in [1.29, 1.82) is 0 Å². The fourth-order valence-corrected chi connectivity index (χ4v) is 3.10. The molecule has 26 heavy (non-hydrogen) atoms. The summed E-state index contributed by atoms with van der Waals surface area (Å²) in [5.41, 5.74) is 1.91. The third-order valence-electron chi connectivity index (χ3n) is 4.03. The van der Waals surface area contributed by atoms with E-state index in [1.54, 1.807) is 24.3 Å². The van der Waals surface area contributed by atoms with Crippen LogP contribution in [0.25, 0.3) is 0 Å². The quantitative estimate of drug-likeness (QED) is 0.775. The van der Waals surface area contributed by atoms with E-state index in [1.807, 2.05) is 6.92 Å². The molecule has 2 N–H and O–H groups in total. The van der Waals surface area contributed by atoms with Crippen LogP contribution >= 0.6 is 0 Å². The average Bonchev–Trinajstić information content (AvgIpc) is 2.59. The number of aromatic carboxylic acids is 1. The molecule has 0 aromatic heterocycles. The fourth-order valence-electron chi connectivity index (χ4n) is 2.47. The number of hydrogen-bond acceptors (Lipinski definition) is 4. The minimum atomic E-state index is -3.24. The summed E-state index contributed by atoms with van der Waals surface area (Å²) in [5, 5.41) is 11.7. The highest BCUT2D eigenvalue weighted by Gasteiger charge is 2.12. The SMILES string of the molecule is CC(NC(=O)CCc1ccc(C(=O)O)cc1)c1ccc(S(C)(=O)=O)cc1. The van der Waals surface area contributed by atoms with Crippen LogP contribution in [0.4, 0.5) is 0 Å². The van der Waals surface area contributed by atoms with Crippen LogP contribution in [0.1, 0.15) is 40.9 Å². The molecule has 0 heterocycles. The summed E-state index contributed by atoms with van der Waals surface area (Å²) in [6.45, 7) is 1.83. The molecule has 0 aliphatic rings. The van der Waals surface area contributed by atoms with Crippen LogP contribution in [0.3, 0.4) is 0 Å². The molecule has 0 spiro atoms. The van der Waals surface area contributed by atoms with E-state index in [-0.39, 0.29) is 28.8 Å². The van der Waals surface area contributed by atoms with E-state index in [0.29, 0.717) is 6.42 Å². The number of nitrogens with one attached hydrogen (secondary N) is 1. The van der Waals surface area contributed by atoms with E-state index in [4.69, 9.17) is 5.11 Å². The molecule has 1 amide bonds. The molecule has 0 aliphatic heterocycles. The Balaban J connectivity index is 1.89. The lowest BCUT2D eigenvalue weighted by Gasteiger charge is -2.15. The minimum absolute atomic E-state index is 0.132. The summed E-state index contributed by atoms with van der Waals surface area (Å²) in [7, 11) is -3.24. The van der Waals surface area contributed by atoms with Crippen molar-refractivity contribution in [3.8, 4) is 0 Å². The summed E-state index contributed by atoms with van der Waals surface area (Å²) in [6.07, 6.45) is 1.93. The average molecular weight is 375 g/mol. The van der Waals surface area contributed by atoms with Gasteiger partial charge >= 0.3 is 5.97 Å². The highest BCUT2D eigenvalue weighted by Crippen LogP contribution is 2.16. The Bertz CT molecular complexity index is 887. The monoisotopic (exact) mass is 375 g/mol. The Labute approximate surface area is 152 Å². The number of aryl methyl sites for hydroxylation is 1. The number of carbonyl (C=O) groups excluding carboxylic acids is 1. The maximum atomic E-state index is 12.1. The Hall–Kier alpha value is -2.67. The second kappa shape index (κ2) is 8.14. The van der Waals surface area contributed by atoms with Gasteiger partial charge in [0.2, 0.25) is 5.91 Å². The van der Waals surface area contributed by atoms with Crippen LogP contribution in [0.2, 0.25) is 0 Å². The summed E-state index contributed by atoms with van der Waals surface area (Å²) in [4.78, 5) is 23.2. The first kappa shape index (κ1) is 19.7. The van der Waals surface area contributed by atoms with Gasteiger partial charge in [-0.05, 0) is 48.7 Å². The molecule has 0 bridgehead atoms. The van der Waals surface area contributed by atoms with Crippen molar-refractivity contribution in [3.05, 3.63) is 65.2 Å². The smallest absolute Gasteiger partial charge is 0.335 e. The van der Waals surface area contributed by atoms with E-state index in [9.17, 15) is 18.0 Å². The second-order valence-corrected chi connectivity index (χ2v) is 8.15. The predicted octanol–water partition coefficient (Wildman–Crippen LogP) is 2.60. The molecule has 1 atom stereocenters. The van der Waals surface area contributed by atoms with Crippen LogP contribution in [-0.4, -0.2) is 31.7 Å². The predicted molar refractivity (Wildman–Crippen MR) is 97.8 cm³/mol. The molecular weight excluding hydrogens is 354 g/mol. The summed E-state index contributed by atoms with van der Waals surface area (Å²) in [6, 6.07) is 12.6. The van der Waals surface area contributed by atoms with Crippen molar-refractivity contribution < 1.29 is 23.1 Å². The first-order valence-corrected chi connectivity index (χ1v) is 9.97. The molecule has 0 aliphatic carbocycles. The van der Waals surface area contributed by atoms with E-state index >= 15 is 0 Å². The number of benzene rings is 2. The first-order valence-electron chi connectivity index (χ1n) is 8.08. The maximum absolute atomic E-state index is 12.1. The normalized spacial score (nSPS) is 12.4. The Morgan fingerprint density at radius 1 is 1.04 bits per heavy atom. The van der Waals surface area contributed by atoms with Crippen LogP contribution in [0, 0.1) is 0 Å². The number of carboxylic acid groups (broad SMARTS) is 1. The van der Waals surface area contributed by atoms with Crippen molar-refractivity contribution in [2.45, 2.75) is 30.7 Å². The molecule has 138 valence electrons. The van der Waals surface area contributed by atoms with Gasteiger partial charge in [-0.2, -0.15) is 0 Å². The zero-order chi connectivity index (χ0) is 19.3. The summed E-state index contributed by atoms with van der Waals surface area (Å²) < 4.78 is 22.9. The lowest BCUT2D eigenvalue weighted by molar-refractivity contribution is -0.121. The van der Waals surface area contributed by atoms with E-state index < -0.39 is 15.8 Å². The van der Waals surface area contributed by atoms with Gasteiger partial charge in [0.1, 0.15) is 0 Å². The van der Waals surface area contributed by atoms with Crippen LogP contribution in [-0.2, 0) is 21.1 Å². The third kappa shape index (κ3) is 5.42. The number of carboxylic acids is 1. The number of amides is 1. The van der Waals surface area contributed by atoms with Gasteiger partial charge in [-0.1, -0.05) is 24.3 Å². The maximum Gasteiger partial charge on any atom is 0.335 e. The highest BCUT2D eigenvalue weighted by molar-refractivity contribution is 7.90. The van der Waals surface area contributed by atoms with Crippen molar-refractivity contribution >= 4 is 21.7 Å². The van der Waals surface area contributed by atoms with Crippen LogP contribution < -0.4 is 5.32 Å². The Kier molecular flexibility index (Phi) is 6.15. The topological polar surface area (TPSA) is 101 Å². The standard InChI is InChI=1S/C19H21NO5S/c1-13(15-8-10-17(11-9-15)26(2,24)25)20-18(21)12-5-14-3-6-16(7-4-14)19(22)23/h3-4,6-11,13H,5,12H2,1-2H3,(H,20,21)(H,22,23). The van der Waals surface area contributed by atoms with Crippen molar-refractivity contribution in [2.24, 2.45) is 0 Å². The van der Waals surface area contributed by atoms with Gasteiger partial charge < -0.3 is 10.4 Å². The Morgan fingerprint density at radius 3 is 2.12 bits per heavy atom. The van der Waals surface area contributed by atoms with E-state index in [1.165, 1.54) is 24.3 Å². The van der Waals surface area contributed by atoms with E-state index in [0.717, 1.165) is 17.4 Å². The number of sulfone groups is 1. The number of hydrogen-bond donors (Lipinski definition) is 2. The molecule has 0 fully saturated rings. The van der Waals surface area contributed by atoms with Crippen LogP contribution in [0.5, 0.6) is 0 Å². The molecule has 2 rings (SSSR count). The highest BCUT2D eigenvalue weighted by atomic mass is 32.2. The third-order valence-corrected chi connectivity index (χ3v) is 5.16. The zero-order valence-corrected chi connectivity index (χ0v) is 15.4. The number of rotatable bonds is 7. The summed E-state index contributed by atoms with van der Waals surface area (Å²) in [5.74, 6) is -1.11. The largest absolute Gasteiger partial charge is 0.478 e. The lowest BCUT2D eigenvalue weighted by atomic mass is 10.1. The van der Waals surface area contributed by atoms with E-state index in [2.05, 4.69) is 5.32 Å². The van der Waals surface area contributed by atoms with Gasteiger partial charge in [-0.15, -0.1) is 0 Å². The molecule has 6 nitrogen and oxygen atoms in total. The van der Waals surface area contributed by atoms with Crippen molar-refractivity contribution in [1.82, 2.24) is 5.32 Å². The van der Waals surface area contributed by atoms with Gasteiger partial charge in [0.15, 0.2) is 9.84 Å².